The molecule has 2 heterocycles. The number of hydrogen-bond donors (Lipinski definition) is 1. The molecule has 1 aliphatic rings. The van der Waals surface area contributed by atoms with Crippen molar-refractivity contribution in [2.75, 3.05) is 57.8 Å². The van der Waals surface area contributed by atoms with Gasteiger partial charge in [-0.05, 0) is 47.1 Å². The summed E-state index contributed by atoms with van der Waals surface area (Å²) in [5.74, 6) is 1.09. The van der Waals surface area contributed by atoms with Crippen LogP contribution in [0, 0.1) is 0 Å². The average molecular weight is 575 g/mol. The number of urea groups is 1. The minimum atomic E-state index is -0.257. The highest BCUT2D eigenvalue weighted by Gasteiger charge is 2.25. The summed E-state index contributed by atoms with van der Waals surface area (Å²) in [6, 6.07) is 19.8. The largest absolute Gasteiger partial charge is 0.467 e. The fourth-order valence-electron chi connectivity index (χ4n) is 5.28. The smallest absolute Gasteiger partial charge is 0.322 e. The Morgan fingerprint density at radius 2 is 1.55 bits per heavy atom. The van der Waals surface area contributed by atoms with E-state index in [1.807, 2.05) is 30.3 Å². The van der Waals surface area contributed by atoms with Gasteiger partial charge in [0.15, 0.2) is 0 Å². The van der Waals surface area contributed by atoms with E-state index in [2.05, 4.69) is 68.2 Å². The lowest BCUT2D eigenvalue weighted by molar-refractivity contribution is -0.132. The number of amides is 3. The Hall–Kier alpha value is -3.62. The normalized spacial score (nSPS) is 13.9. The van der Waals surface area contributed by atoms with E-state index >= 15 is 0 Å². The molecule has 0 radical (unpaired) electrons. The van der Waals surface area contributed by atoms with Crippen molar-refractivity contribution < 1.29 is 18.7 Å². The van der Waals surface area contributed by atoms with Gasteiger partial charge in [-0.1, -0.05) is 76.2 Å². The number of furan rings is 1. The number of ether oxygens (including phenoxy) is 1. The number of carbonyl (C=O) groups excluding carboxylic acids is 2. The van der Waals surface area contributed by atoms with Crippen LogP contribution in [-0.2, 0) is 22.5 Å². The lowest BCUT2D eigenvalue weighted by Crippen LogP contribution is -2.48. The Balaban J connectivity index is 1.55. The number of carbonyl (C=O) groups is 2. The molecule has 0 unspecified atom stereocenters. The molecule has 3 aromatic rings. The van der Waals surface area contributed by atoms with Gasteiger partial charge in [-0.15, -0.1) is 0 Å². The van der Waals surface area contributed by atoms with Crippen LogP contribution < -0.4 is 5.32 Å². The zero-order valence-electron chi connectivity index (χ0n) is 25.6. The van der Waals surface area contributed by atoms with Crippen LogP contribution >= 0.6 is 0 Å². The maximum absolute atomic E-state index is 14.0. The summed E-state index contributed by atoms with van der Waals surface area (Å²) < 4.78 is 11.1. The molecule has 1 aliphatic heterocycles. The molecule has 0 atom stereocenters. The van der Waals surface area contributed by atoms with Gasteiger partial charge in [0.05, 0.1) is 26.0 Å². The molecule has 42 heavy (non-hydrogen) atoms. The second-order valence-corrected chi connectivity index (χ2v) is 11.6. The Labute approximate surface area is 250 Å². The third-order valence-corrected chi connectivity index (χ3v) is 7.80. The Morgan fingerprint density at radius 3 is 2.17 bits per heavy atom. The van der Waals surface area contributed by atoms with E-state index in [9.17, 15) is 9.59 Å². The summed E-state index contributed by atoms with van der Waals surface area (Å²) >= 11 is 0. The lowest BCUT2D eigenvalue weighted by Gasteiger charge is -2.32. The van der Waals surface area contributed by atoms with Gasteiger partial charge >= 0.3 is 6.03 Å². The van der Waals surface area contributed by atoms with Gasteiger partial charge in [-0.25, -0.2) is 4.79 Å². The van der Waals surface area contributed by atoms with Crippen LogP contribution in [0.25, 0.3) is 0 Å². The van der Waals surface area contributed by atoms with Crippen LogP contribution in [-0.4, -0.2) is 79.1 Å². The van der Waals surface area contributed by atoms with Gasteiger partial charge in [-0.2, -0.15) is 0 Å². The van der Waals surface area contributed by atoms with Crippen LogP contribution in [0.2, 0.25) is 0 Å². The van der Waals surface area contributed by atoms with Gasteiger partial charge in [0.1, 0.15) is 12.3 Å². The molecule has 2 aromatic carbocycles. The van der Waals surface area contributed by atoms with Crippen LogP contribution in [0.1, 0.15) is 62.0 Å². The lowest BCUT2D eigenvalue weighted by atomic mass is 9.93. The summed E-state index contributed by atoms with van der Waals surface area (Å²) in [6.45, 7) is 13.5. The highest BCUT2D eigenvalue weighted by molar-refractivity contribution is 5.94. The molecular formula is C34H46N4O4. The molecule has 4 rings (SSSR count). The van der Waals surface area contributed by atoms with Gasteiger partial charge in [0, 0.05) is 38.4 Å². The van der Waals surface area contributed by atoms with E-state index in [1.54, 1.807) is 16.1 Å². The highest BCUT2D eigenvalue weighted by Crippen LogP contribution is 2.32. The molecule has 0 aliphatic carbocycles. The molecule has 226 valence electrons. The molecule has 1 saturated heterocycles. The summed E-state index contributed by atoms with van der Waals surface area (Å²) in [6.07, 6.45) is 2.34. The summed E-state index contributed by atoms with van der Waals surface area (Å²) in [4.78, 5) is 33.6. The van der Waals surface area contributed by atoms with Crippen LogP contribution in [0.15, 0.2) is 71.3 Å². The first-order valence-electron chi connectivity index (χ1n) is 15.1. The molecule has 1 N–H and O–H groups in total. The monoisotopic (exact) mass is 574 g/mol. The summed E-state index contributed by atoms with van der Waals surface area (Å²) in [5, 5.41) is 3.23. The number of para-hydroxylation sites is 1. The van der Waals surface area contributed by atoms with E-state index in [0.717, 1.165) is 35.5 Å². The number of rotatable bonds is 13. The molecule has 3 amide bonds. The summed E-state index contributed by atoms with van der Waals surface area (Å²) in [7, 11) is 0. The molecule has 8 nitrogen and oxygen atoms in total. The Morgan fingerprint density at radius 1 is 0.857 bits per heavy atom. The number of hydrogen-bond acceptors (Lipinski definition) is 5. The number of benzene rings is 2. The van der Waals surface area contributed by atoms with Crippen LogP contribution in [0.4, 0.5) is 10.5 Å². The van der Waals surface area contributed by atoms with Crippen LogP contribution in [0.5, 0.6) is 0 Å². The predicted octanol–water partition coefficient (Wildman–Crippen LogP) is 5.96. The van der Waals surface area contributed by atoms with Gasteiger partial charge in [0.25, 0.3) is 0 Å². The minimum Gasteiger partial charge on any atom is -0.467 e. The van der Waals surface area contributed by atoms with Crippen molar-refractivity contribution >= 4 is 17.6 Å². The predicted molar refractivity (Wildman–Crippen MR) is 167 cm³/mol. The van der Waals surface area contributed by atoms with Crippen molar-refractivity contribution in [1.29, 1.82) is 0 Å². The van der Waals surface area contributed by atoms with Gasteiger partial charge in [-0.3, -0.25) is 9.69 Å². The number of nitrogens with one attached hydrogen (secondary N) is 1. The van der Waals surface area contributed by atoms with E-state index in [-0.39, 0.29) is 30.3 Å². The maximum atomic E-state index is 14.0. The third kappa shape index (κ3) is 8.94. The molecular weight excluding hydrogens is 528 g/mol. The van der Waals surface area contributed by atoms with Gasteiger partial charge in [0.2, 0.25) is 5.91 Å². The van der Waals surface area contributed by atoms with Crippen molar-refractivity contribution in [2.45, 2.75) is 52.5 Å². The second-order valence-electron chi connectivity index (χ2n) is 11.6. The summed E-state index contributed by atoms with van der Waals surface area (Å²) in [5.41, 5.74) is 4.20. The molecule has 0 spiro atoms. The number of morpholine rings is 1. The first-order valence-corrected chi connectivity index (χ1v) is 15.1. The minimum absolute atomic E-state index is 0.0213. The highest BCUT2D eigenvalue weighted by atomic mass is 16.5. The zero-order valence-corrected chi connectivity index (χ0v) is 25.6. The van der Waals surface area contributed by atoms with Gasteiger partial charge < -0.3 is 24.3 Å². The van der Waals surface area contributed by atoms with Crippen molar-refractivity contribution in [3.8, 4) is 0 Å². The number of nitrogens with zero attached hydrogens (tertiary/aromatic N) is 3. The SMILES string of the molecule is CC(C)c1cccc(C(C)C)c1NC(=O)N(CCN1CCOCC1)CC(=O)N(CCc1ccccc1)Cc1ccco1. The standard InChI is InChI=1S/C34H46N4O4/c1-26(2)30-13-8-14-31(27(3)4)33(30)35-34(40)38(18-17-36-19-22-41-23-20-36)25-32(39)37(24-29-12-9-21-42-29)16-15-28-10-6-5-7-11-28/h5-14,21,26-27H,15-20,22-25H2,1-4H3,(H,35,40). The molecule has 8 heteroatoms. The van der Waals surface area contributed by atoms with E-state index in [4.69, 9.17) is 9.15 Å². The fourth-order valence-corrected chi connectivity index (χ4v) is 5.28. The van der Waals surface area contributed by atoms with Crippen LogP contribution in [0.3, 0.4) is 0 Å². The first-order chi connectivity index (χ1) is 20.3. The zero-order chi connectivity index (χ0) is 29.9. The third-order valence-electron chi connectivity index (χ3n) is 7.80. The fraction of sp³-hybridized carbons (Fsp3) is 0.471. The van der Waals surface area contributed by atoms with Crippen molar-refractivity contribution in [3.63, 3.8) is 0 Å². The topological polar surface area (TPSA) is 78.3 Å². The average Bonchev–Trinajstić information content (AvgIpc) is 3.51. The molecule has 1 aromatic heterocycles. The second kappa shape index (κ2) is 15.6. The maximum Gasteiger partial charge on any atom is 0.322 e. The quantitative estimate of drug-likeness (QED) is 0.272. The van der Waals surface area contributed by atoms with E-state index in [0.29, 0.717) is 51.6 Å². The number of anilines is 1. The first kappa shape index (κ1) is 31.3. The van der Waals surface area contributed by atoms with Crippen molar-refractivity contribution in [2.24, 2.45) is 0 Å². The van der Waals surface area contributed by atoms with Crippen molar-refractivity contribution in [3.05, 3.63) is 89.4 Å². The molecule has 0 bridgehead atoms. The van der Waals surface area contributed by atoms with E-state index < -0.39 is 0 Å². The van der Waals surface area contributed by atoms with Crippen molar-refractivity contribution in [1.82, 2.24) is 14.7 Å². The van der Waals surface area contributed by atoms with E-state index in [1.165, 1.54) is 0 Å². The Bertz CT molecular complexity index is 1230. The molecule has 0 saturated carbocycles. The molecule has 1 fully saturated rings. The Kier molecular flexibility index (Phi) is 11.6.